The summed E-state index contributed by atoms with van der Waals surface area (Å²) in [5.74, 6) is -0.0412. The number of carbonyl (C=O) groups excluding carboxylic acids is 1. The lowest BCUT2D eigenvalue weighted by Gasteiger charge is -2.03. The molecule has 1 fully saturated rings. The van der Waals surface area contributed by atoms with Crippen LogP contribution in [-0.4, -0.2) is 32.8 Å². The molecule has 0 aromatic heterocycles. The third-order valence-corrected chi connectivity index (χ3v) is 6.07. The molecule has 1 aromatic rings. The van der Waals surface area contributed by atoms with Crippen LogP contribution >= 0.6 is 0 Å². The monoisotopic (exact) mass is 293 g/mol. The van der Waals surface area contributed by atoms with E-state index in [2.05, 4.69) is 0 Å². The van der Waals surface area contributed by atoms with E-state index in [-0.39, 0.29) is 5.75 Å². The highest BCUT2D eigenvalue weighted by Gasteiger charge is 2.72. The van der Waals surface area contributed by atoms with E-state index in [4.69, 9.17) is 4.74 Å². The van der Waals surface area contributed by atoms with Gasteiger partial charge in [-0.25, -0.2) is 8.42 Å². The van der Waals surface area contributed by atoms with E-state index in [0.29, 0.717) is 17.6 Å². The summed E-state index contributed by atoms with van der Waals surface area (Å²) < 4.78 is 29.2. The minimum absolute atomic E-state index is 0.0818. The Kier molecular flexibility index (Phi) is 3.57. The molecule has 20 heavy (non-hydrogen) atoms. The van der Waals surface area contributed by atoms with Gasteiger partial charge in [-0.1, -0.05) is 19.1 Å². The van der Waals surface area contributed by atoms with Gasteiger partial charge in [0.1, 0.15) is 17.5 Å². The highest BCUT2D eigenvalue weighted by atomic mass is 32.2. The van der Waals surface area contributed by atoms with Gasteiger partial charge in [0.15, 0.2) is 9.84 Å². The summed E-state index contributed by atoms with van der Waals surface area (Å²) in [5, 5.41) is 8.30. The molecule has 0 heterocycles. The molecule has 0 amide bonds. The molecule has 106 valence electrons. The van der Waals surface area contributed by atoms with Gasteiger partial charge in [0.2, 0.25) is 0 Å². The summed E-state index contributed by atoms with van der Waals surface area (Å²) in [6.45, 7) is 1.52. The minimum Gasteiger partial charge on any atom is -0.497 e. The number of carbonyl (C=O) groups is 1. The molecule has 1 aromatic carbocycles. The van der Waals surface area contributed by atoms with Gasteiger partial charge >= 0.3 is 0 Å². The topological polar surface area (TPSA) is 84.2 Å². The lowest BCUT2D eigenvalue weighted by molar-refractivity contribution is -0.110. The number of hydrogen-bond donors (Lipinski definition) is 0. The van der Waals surface area contributed by atoms with Crippen molar-refractivity contribution in [3.8, 4) is 11.8 Å². The molecule has 1 aliphatic rings. The Morgan fingerprint density at radius 3 is 2.40 bits per heavy atom. The molecule has 0 bridgehead atoms. The first-order valence-electron chi connectivity index (χ1n) is 6.20. The maximum Gasteiger partial charge on any atom is 0.155 e. The van der Waals surface area contributed by atoms with E-state index < -0.39 is 26.4 Å². The third kappa shape index (κ3) is 1.98. The number of benzene rings is 1. The standard InChI is InChI=1S/C14H15NO4S/c1-3-20(17,18)13-12(14(13,8-15)9-16)10-4-6-11(19-2)7-5-10/h4-7,9,12-13H,3H2,1-2H3. The van der Waals surface area contributed by atoms with Crippen molar-refractivity contribution >= 4 is 16.1 Å². The summed E-state index contributed by atoms with van der Waals surface area (Å²) in [7, 11) is -1.93. The predicted molar refractivity (Wildman–Crippen MR) is 73.1 cm³/mol. The van der Waals surface area contributed by atoms with E-state index in [1.807, 2.05) is 6.07 Å². The first kappa shape index (κ1) is 14.5. The number of ether oxygens (including phenoxy) is 1. The van der Waals surface area contributed by atoms with Crippen LogP contribution in [0.15, 0.2) is 24.3 Å². The number of nitriles is 1. The van der Waals surface area contributed by atoms with Crippen LogP contribution in [0.4, 0.5) is 0 Å². The average Bonchev–Trinajstić information content (AvgIpc) is 3.18. The maximum atomic E-state index is 12.1. The molecular weight excluding hydrogens is 278 g/mol. The summed E-state index contributed by atoms with van der Waals surface area (Å²) >= 11 is 0. The number of hydrogen-bond acceptors (Lipinski definition) is 5. The second-order valence-electron chi connectivity index (χ2n) is 4.79. The van der Waals surface area contributed by atoms with Crippen molar-refractivity contribution < 1.29 is 17.9 Å². The van der Waals surface area contributed by atoms with Gasteiger partial charge in [0.05, 0.1) is 18.4 Å². The molecule has 0 aliphatic heterocycles. The van der Waals surface area contributed by atoms with Crippen LogP contribution in [-0.2, 0) is 14.6 Å². The second-order valence-corrected chi connectivity index (χ2v) is 7.20. The van der Waals surface area contributed by atoms with Crippen LogP contribution in [0.1, 0.15) is 18.4 Å². The normalized spacial score (nSPS) is 28.4. The Morgan fingerprint density at radius 1 is 1.40 bits per heavy atom. The van der Waals surface area contributed by atoms with Gasteiger partial charge in [-0.3, -0.25) is 0 Å². The molecule has 1 saturated carbocycles. The predicted octanol–water partition coefficient (Wildman–Crippen LogP) is 1.30. The van der Waals surface area contributed by atoms with Crippen LogP contribution in [0.3, 0.4) is 0 Å². The molecular formula is C14H15NO4S. The number of aldehydes is 1. The second kappa shape index (κ2) is 4.91. The van der Waals surface area contributed by atoms with Gasteiger partial charge in [-0.05, 0) is 17.7 Å². The molecule has 2 rings (SSSR count). The summed E-state index contributed by atoms with van der Waals surface area (Å²) in [6, 6.07) is 8.67. The Morgan fingerprint density at radius 2 is 2.00 bits per heavy atom. The van der Waals surface area contributed by atoms with E-state index in [1.165, 1.54) is 14.0 Å². The van der Waals surface area contributed by atoms with Crippen LogP contribution in [0, 0.1) is 16.7 Å². The van der Waals surface area contributed by atoms with Crippen molar-refractivity contribution in [2.45, 2.75) is 18.1 Å². The first-order valence-corrected chi connectivity index (χ1v) is 7.91. The van der Waals surface area contributed by atoms with E-state index >= 15 is 0 Å². The summed E-state index contributed by atoms with van der Waals surface area (Å²) in [6.07, 6.45) is 0.472. The van der Waals surface area contributed by atoms with Crippen molar-refractivity contribution in [3.05, 3.63) is 29.8 Å². The van der Waals surface area contributed by atoms with E-state index in [1.54, 1.807) is 24.3 Å². The Labute approximate surface area is 118 Å². The van der Waals surface area contributed by atoms with Crippen molar-refractivity contribution in [3.63, 3.8) is 0 Å². The Bertz CT molecular complexity index is 659. The van der Waals surface area contributed by atoms with Crippen molar-refractivity contribution in [1.82, 2.24) is 0 Å². The van der Waals surface area contributed by atoms with E-state index in [0.717, 1.165) is 0 Å². The zero-order valence-corrected chi connectivity index (χ0v) is 12.1. The number of rotatable bonds is 5. The molecule has 3 atom stereocenters. The van der Waals surface area contributed by atoms with Crippen molar-refractivity contribution in [2.24, 2.45) is 5.41 Å². The lowest BCUT2D eigenvalue weighted by atomic mass is 10.0. The van der Waals surface area contributed by atoms with Gasteiger partial charge in [0, 0.05) is 11.7 Å². The first-order chi connectivity index (χ1) is 9.46. The fourth-order valence-electron chi connectivity index (χ4n) is 2.62. The average molecular weight is 293 g/mol. The largest absolute Gasteiger partial charge is 0.497 e. The quantitative estimate of drug-likeness (QED) is 0.764. The molecule has 0 radical (unpaired) electrons. The Hall–Kier alpha value is -1.87. The number of nitrogens with zero attached hydrogens (tertiary/aromatic N) is 1. The zero-order valence-electron chi connectivity index (χ0n) is 11.2. The molecule has 6 heteroatoms. The minimum atomic E-state index is -3.45. The number of methoxy groups -OCH3 is 1. The van der Waals surface area contributed by atoms with Crippen LogP contribution < -0.4 is 4.74 Å². The van der Waals surface area contributed by atoms with Crippen LogP contribution in [0.25, 0.3) is 0 Å². The van der Waals surface area contributed by atoms with Crippen molar-refractivity contribution in [1.29, 1.82) is 5.26 Å². The molecule has 0 N–H and O–H groups in total. The molecule has 0 saturated heterocycles. The van der Waals surface area contributed by atoms with Crippen LogP contribution in [0.2, 0.25) is 0 Å². The molecule has 0 spiro atoms. The fourth-order valence-corrected chi connectivity index (χ4v) is 4.55. The fraction of sp³-hybridized carbons (Fsp3) is 0.429. The molecule has 1 aliphatic carbocycles. The highest BCUT2D eigenvalue weighted by Crippen LogP contribution is 2.61. The third-order valence-electron chi connectivity index (χ3n) is 3.83. The van der Waals surface area contributed by atoms with Gasteiger partial charge < -0.3 is 9.53 Å². The molecule has 5 nitrogen and oxygen atoms in total. The van der Waals surface area contributed by atoms with Gasteiger partial charge in [-0.2, -0.15) is 5.26 Å². The van der Waals surface area contributed by atoms with Crippen LogP contribution in [0.5, 0.6) is 5.75 Å². The number of sulfone groups is 1. The zero-order chi connectivity index (χ0) is 15.0. The Balaban J connectivity index is 2.44. The summed E-state index contributed by atoms with van der Waals surface area (Å²) in [5.41, 5.74) is -0.787. The lowest BCUT2D eigenvalue weighted by Crippen LogP contribution is -2.17. The highest BCUT2D eigenvalue weighted by molar-refractivity contribution is 7.92. The smallest absolute Gasteiger partial charge is 0.155 e. The summed E-state index contributed by atoms with van der Waals surface area (Å²) in [4.78, 5) is 11.3. The van der Waals surface area contributed by atoms with Gasteiger partial charge in [0.25, 0.3) is 0 Å². The van der Waals surface area contributed by atoms with Gasteiger partial charge in [-0.15, -0.1) is 0 Å². The maximum absolute atomic E-state index is 12.1. The SMILES string of the molecule is CCS(=O)(=O)C1C(c2ccc(OC)cc2)C1(C#N)C=O. The van der Waals surface area contributed by atoms with E-state index in [9.17, 15) is 18.5 Å². The molecule has 3 unspecified atom stereocenters. The van der Waals surface area contributed by atoms with Crippen molar-refractivity contribution in [2.75, 3.05) is 12.9 Å².